The maximum absolute atomic E-state index is 12.8. The van der Waals surface area contributed by atoms with Crippen molar-refractivity contribution >= 4 is 40.7 Å². The summed E-state index contributed by atoms with van der Waals surface area (Å²) in [7, 11) is 0. The third-order valence-corrected chi connectivity index (χ3v) is 6.07. The summed E-state index contributed by atoms with van der Waals surface area (Å²) < 4.78 is 0. The molecule has 10 nitrogen and oxygen atoms in total. The Balaban J connectivity index is 1.56. The summed E-state index contributed by atoms with van der Waals surface area (Å²) in [5.41, 5.74) is 22.6. The minimum absolute atomic E-state index is 0.0456. The number of nitrogens with zero attached hydrogens (tertiary/aromatic N) is 1. The van der Waals surface area contributed by atoms with Gasteiger partial charge in [0.2, 0.25) is 17.7 Å². The smallest absolute Gasteiger partial charge is 0.246 e. The predicted octanol–water partition coefficient (Wildman–Crippen LogP) is -0.616. The van der Waals surface area contributed by atoms with E-state index in [-0.39, 0.29) is 12.4 Å². The van der Waals surface area contributed by atoms with Gasteiger partial charge in [0.15, 0.2) is 5.96 Å². The van der Waals surface area contributed by atoms with Crippen LogP contribution in [0.15, 0.2) is 46.8 Å². The summed E-state index contributed by atoms with van der Waals surface area (Å²) in [6.07, 6.45) is 1.51. The fourth-order valence-corrected chi connectivity index (χ4v) is 3.97. The van der Waals surface area contributed by atoms with Crippen molar-refractivity contribution in [2.45, 2.75) is 43.3 Å². The fourth-order valence-electron chi connectivity index (χ4n) is 3.21. The number of rotatable bonds is 10. The molecule has 1 heterocycles. The average Bonchev–Trinajstić information content (AvgIpc) is 3.33. The normalized spacial score (nSPS) is 15.8. The number of hydrogen-bond acceptors (Lipinski definition) is 6. The van der Waals surface area contributed by atoms with Crippen molar-refractivity contribution in [2.24, 2.45) is 27.9 Å². The van der Waals surface area contributed by atoms with E-state index in [9.17, 15) is 14.4 Å². The first-order valence-electron chi connectivity index (χ1n) is 10.1. The number of thiophene rings is 1. The highest BCUT2D eigenvalue weighted by molar-refractivity contribution is 7.09. The lowest BCUT2D eigenvalue weighted by Gasteiger charge is -2.22. The number of primary amides is 1. The lowest BCUT2D eigenvalue weighted by atomic mass is 10.0. The van der Waals surface area contributed by atoms with Gasteiger partial charge in [0.05, 0.1) is 11.7 Å². The standard InChI is InChI=1S/C21H27N7O3S/c22-15(10-12-3-5-13(6-4-12)26-20(24)25)18(30)28-21(7-8-21)19(31)27-16(17(23)29)11-14-2-1-9-32-14/h1-6,9,15-16H,7-8,10-11,22H2,(H2,23,29)(H,27,31)(H,28,30)(H4,24,25,26)/t15-,16-/m0/s1. The van der Waals surface area contributed by atoms with Crippen LogP contribution < -0.4 is 33.6 Å². The Morgan fingerprint density at radius 2 is 1.75 bits per heavy atom. The molecule has 10 N–H and O–H groups in total. The van der Waals surface area contributed by atoms with Gasteiger partial charge in [-0.05, 0) is 48.4 Å². The second kappa shape index (κ2) is 9.79. The Kier molecular flexibility index (Phi) is 7.11. The van der Waals surface area contributed by atoms with Crippen molar-refractivity contribution in [1.29, 1.82) is 0 Å². The molecule has 0 radical (unpaired) electrons. The van der Waals surface area contributed by atoms with E-state index in [1.54, 1.807) is 24.3 Å². The minimum atomic E-state index is -1.06. The van der Waals surface area contributed by atoms with Gasteiger partial charge < -0.3 is 33.6 Å². The number of amides is 3. The van der Waals surface area contributed by atoms with E-state index in [0.717, 1.165) is 10.4 Å². The number of guanidine groups is 1. The molecule has 0 aliphatic heterocycles. The van der Waals surface area contributed by atoms with Crippen LogP contribution >= 0.6 is 11.3 Å². The van der Waals surface area contributed by atoms with E-state index in [1.807, 2.05) is 17.5 Å². The largest absolute Gasteiger partial charge is 0.370 e. The van der Waals surface area contributed by atoms with Crippen LogP contribution in [-0.2, 0) is 27.2 Å². The quantitative estimate of drug-likeness (QED) is 0.203. The van der Waals surface area contributed by atoms with Crippen LogP contribution in [0.2, 0.25) is 0 Å². The zero-order chi connectivity index (χ0) is 23.3. The minimum Gasteiger partial charge on any atom is -0.370 e. The number of carbonyl (C=O) groups is 3. The predicted molar refractivity (Wildman–Crippen MR) is 123 cm³/mol. The molecule has 0 saturated heterocycles. The summed E-state index contributed by atoms with van der Waals surface area (Å²) in [5, 5.41) is 7.31. The highest BCUT2D eigenvalue weighted by Crippen LogP contribution is 2.36. The Hall–Kier alpha value is -3.44. The summed E-state index contributed by atoms with van der Waals surface area (Å²) in [4.78, 5) is 42.1. The summed E-state index contributed by atoms with van der Waals surface area (Å²) in [5.74, 6) is -1.55. The lowest BCUT2D eigenvalue weighted by Crippen LogP contribution is -2.57. The van der Waals surface area contributed by atoms with Gasteiger partial charge in [-0.25, -0.2) is 4.99 Å². The molecule has 0 spiro atoms. The molecule has 2 aromatic rings. The van der Waals surface area contributed by atoms with Gasteiger partial charge in [-0.3, -0.25) is 14.4 Å². The average molecular weight is 458 g/mol. The molecular formula is C21H27N7O3S. The molecule has 1 aliphatic rings. The Bertz CT molecular complexity index is 997. The molecule has 2 atom stereocenters. The van der Waals surface area contributed by atoms with Crippen LogP contribution in [0.3, 0.4) is 0 Å². The molecule has 32 heavy (non-hydrogen) atoms. The molecule has 1 aromatic carbocycles. The van der Waals surface area contributed by atoms with E-state index in [2.05, 4.69) is 15.6 Å². The zero-order valence-corrected chi connectivity index (χ0v) is 18.2. The Labute approximate surface area is 189 Å². The number of benzene rings is 1. The number of nitrogens with two attached hydrogens (primary N) is 4. The van der Waals surface area contributed by atoms with Crippen molar-refractivity contribution in [3.63, 3.8) is 0 Å². The third kappa shape index (κ3) is 6.05. The van der Waals surface area contributed by atoms with Crippen LogP contribution in [0.1, 0.15) is 23.3 Å². The Morgan fingerprint density at radius 3 is 2.28 bits per heavy atom. The molecule has 0 bridgehead atoms. The van der Waals surface area contributed by atoms with Gasteiger partial charge in [0.1, 0.15) is 11.6 Å². The van der Waals surface area contributed by atoms with Crippen molar-refractivity contribution in [3.8, 4) is 0 Å². The zero-order valence-electron chi connectivity index (χ0n) is 17.4. The molecule has 1 aliphatic carbocycles. The van der Waals surface area contributed by atoms with Crippen LogP contribution in [-0.4, -0.2) is 41.3 Å². The van der Waals surface area contributed by atoms with E-state index in [0.29, 0.717) is 24.9 Å². The highest BCUT2D eigenvalue weighted by Gasteiger charge is 2.52. The SMILES string of the molecule is NC(=O)[C@H](Cc1cccs1)NC(=O)C1(NC(=O)[C@@H](N)Cc2ccc(N=C(N)N)cc2)CC1. The van der Waals surface area contributed by atoms with Gasteiger partial charge in [0.25, 0.3) is 0 Å². The lowest BCUT2D eigenvalue weighted by molar-refractivity contribution is -0.132. The second-order valence-electron chi connectivity index (χ2n) is 7.80. The maximum atomic E-state index is 12.8. The summed E-state index contributed by atoms with van der Waals surface area (Å²) >= 11 is 1.47. The maximum Gasteiger partial charge on any atom is 0.246 e. The second-order valence-corrected chi connectivity index (χ2v) is 8.83. The number of nitrogens with one attached hydrogen (secondary N) is 2. The fraction of sp³-hybridized carbons (Fsp3) is 0.333. The first-order valence-corrected chi connectivity index (χ1v) is 11.0. The monoisotopic (exact) mass is 457 g/mol. The first-order chi connectivity index (χ1) is 15.2. The van der Waals surface area contributed by atoms with Gasteiger partial charge in [-0.15, -0.1) is 11.3 Å². The molecule has 11 heteroatoms. The van der Waals surface area contributed by atoms with Crippen molar-refractivity contribution < 1.29 is 14.4 Å². The highest BCUT2D eigenvalue weighted by atomic mass is 32.1. The molecule has 1 fully saturated rings. The molecule has 3 amide bonds. The van der Waals surface area contributed by atoms with Crippen LogP contribution in [0.5, 0.6) is 0 Å². The van der Waals surface area contributed by atoms with Gasteiger partial charge in [-0.2, -0.15) is 0 Å². The summed E-state index contributed by atoms with van der Waals surface area (Å²) in [6, 6.07) is 9.00. The summed E-state index contributed by atoms with van der Waals surface area (Å²) in [6.45, 7) is 0. The van der Waals surface area contributed by atoms with Gasteiger partial charge in [0, 0.05) is 11.3 Å². The van der Waals surface area contributed by atoms with Crippen LogP contribution in [0.4, 0.5) is 5.69 Å². The molecule has 3 rings (SSSR count). The van der Waals surface area contributed by atoms with E-state index >= 15 is 0 Å². The number of hydrogen-bond donors (Lipinski definition) is 6. The van der Waals surface area contributed by atoms with Crippen LogP contribution in [0, 0.1) is 0 Å². The van der Waals surface area contributed by atoms with Crippen LogP contribution in [0.25, 0.3) is 0 Å². The van der Waals surface area contributed by atoms with E-state index < -0.39 is 35.3 Å². The molecule has 1 saturated carbocycles. The van der Waals surface area contributed by atoms with Crippen molar-refractivity contribution in [3.05, 3.63) is 52.2 Å². The van der Waals surface area contributed by atoms with Crippen molar-refractivity contribution in [2.75, 3.05) is 0 Å². The van der Waals surface area contributed by atoms with Crippen molar-refractivity contribution in [1.82, 2.24) is 10.6 Å². The number of carbonyl (C=O) groups excluding carboxylic acids is 3. The van der Waals surface area contributed by atoms with E-state index in [4.69, 9.17) is 22.9 Å². The topological polar surface area (TPSA) is 192 Å². The molecule has 170 valence electrons. The van der Waals surface area contributed by atoms with Gasteiger partial charge >= 0.3 is 0 Å². The molecule has 1 aromatic heterocycles. The molecule has 0 unspecified atom stereocenters. The van der Waals surface area contributed by atoms with Gasteiger partial charge in [-0.1, -0.05) is 18.2 Å². The molecular weight excluding hydrogens is 430 g/mol. The third-order valence-electron chi connectivity index (χ3n) is 5.17. The Morgan fingerprint density at radius 1 is 1.06 bits per heavy atom. The first kappa shape index (κ1) is 23.2. The number of aliphatic imine (C=N–C) groups is 1. The van der Waals surface area contributed by atoms with E-state index in [1.165, 1.54) is 11.3 Å².